The predicted molar refractivity (Wildman–Crippen MR) is 106 cm³/mol. The number of benzene rings is 1. The van der Waals surface area contributed by atoms with Crippen LogP contribution in [0.3, 0.4) is 0 Å². The van der Waals surface area contributed by atoms with Crippen LogP contribution in [-0.2, 0) is 20.6 Å². The minimum Gasteiger partial charge on any atom is -0.462 e. The number of aliphatic hydroxyl groups is 1. The summed E-state index contributed by atoms with van der Waals surface area (Å²) in [6, 6.07) is 10.3. The lowest BCUT2D eigenvalue weighted by Gasteiger charge is -2.25. The molecule has 7 heteroatoms. The first-order valence-electron chi connectivity index (χ1n) is 9.11. The molecule has 3 rings (SSSR count). The maximum atomic E-state index is 11.6. The van der Waals surface area contributed by atoms with Gasteiger partial charge in [-0.15, -0.1) is 18.2 Å². The summed E-state index contributed by atoms with van der Waals surface area (Å²) in [7, 11) is 5.27. The molecular formula is C18H27BO4P2. The van der Waals surface area contributed by atoms with Gasteiger partial charge in [0.1, 0.15) is 6.10 Å². The maximum absolute atomic E-state index is 11.6. The number of ether oxygens (including phenoxy) is 1. The zero-order chi connectivity index (χ0) is 17.8. The highest BCUT2D eigenvalue weighted by atomic mass is 31.1. The molecule has 1 saturated heterocycles. The van der Waals surface area contributed by atoms with Gasteiger partial charge in [-0.2, -0.15) is 0 Å². The van der Waals surface area contributed by atoms with E-state index in [2.05, 4.69) is 30.4 Å². The van der Waals surface area contributed by atoms with E-state index in [0.717, 1.165) is 32.1 Å². The predicted octanol–water partition coefficient (Wildman–Crippen LogP) is 2.83. The molecule has 25 heavy (non-hydrogen) atoms. The highest BCUT2D eigenvalue weighted by Crippen LogP contribution is 2.45. The van der Waals surface area contributed by atoms with Gasteiger partial charge in [-0.25, -0.2) is 0 Å². The molecule has 2 fully saturated rings. The van der Waals surface area contributed by atoms with Crippen molar-refractivity contribution < 1.29 is 19.3 Å². The fraction of sp³-hybridized carbons (Fsp3) is 0.611. The molecule has 2 aliphatic rings. The fourth-order valence-electron chi connectivity index (χ4n) is 4.22. The fourth-order valence-corrected chi connectivity index (χ4v) is 4.63. The van der Waals surface area contributed by atoms with Crippen molar-refractivity contribution in [3.05, 3.63) is 35.9 Å². The lowest BCUT2D eigenvalue weighted by molar-refractivity contribution is -0.141. The summed E-state index contributed by atoms with van der Waals surface area (Å²) in [5.41, 5.74) is 1.26. The minimum atomic E-state index is -0.319. The third-order valence-electron chi connectivity index (χ3n) is 5.43. The van der Waals surface area contributed by atoms with E-state index in [-0.39, 0.29) is 42.5 Å². The van der Waals surface area contributed by atoms with Crippen molar-refractivity contribution in [2.75, 3.05) is 0 Å². The molecule has 0 aromatic heterocycles. The van der Waals surface area contributed by atoms with E-state index < -0.39 is 0 Å². The van der Waals surface area contributed by atoms with Gasteiger partial charge in [0, 0.05) is 18.4 Å². The van der Waals surface area contributed by atoms with Gasteiger partial charge in [0.2, 0.25) is 0 Å². The second-order valence-corrected chi connectivity index (χ2v) is 9.27. The number of esters is 1. The minimum absolute atomic E-state index is 0.00212. The van der Waals surface area contributed by atoms with Gasteiger partial charge in [0.05, 0.1) is 12.5 Å². The zero-order valence-electron chi connectivity index (χ0n) is 14.4. The Labute approximate surface area is 154 Å². The van der Waals surface area contributed by atoms with Crippen LogP contribution in [0.2, 0.25) is 0 Å². The molecule has 1 aromatic carbocycles. The van der Waals surface area contributed by atoms with Gasteiger partial charge in [-0.1, -0.05) is 30.3 Å². The van der Waals surface area contributed by atoms with Crippen LogP contribution in [0.25, 0.3) is 0 Å². The Balaban J connectivity index is 1.51. The third-order valence-corrected chi connectivity index (χ3v) is 5.74. The first kappa shape index (κ1) is 19.3. The Morgan fingerprint density at radius 3 is 2.76 bits per heavy atom. The molecule has 7 unspecified atom stereocenters. The van der Waals surface area contributed by atoms with Gasteiger partial charge in [-0.05, 0) is 37.2 Å². The molecule has 7 atom stereocenters. The standard InChI is InChI=1S/C18H27BO4P2/c20-13(7-6-12-4-2-1-3-5-12)8-9-14-15-10-18(21)22-16(15)11-17(14)23-19(24)25/h1-5,13-17,20H,6-11,24-25H2. The van der Waals surface area contributed by atoms with Crippen molar-refractivity contribution in [1.29, 1.82) is 0 Å². The monoisotopic (exact) mass is 380 g/mol. The summed E-state index contributed by atoms with van der Waals surface area (Å²) in [5, 5.41) is 10.4. The van der Waals surface area contributed by atoms with Gasteiger partial charge in [-0.3, -0.25) is 4.79 Å². The molecule has 0 spiro atoms. The average molecular weight is 380 g/mol. The molecule has 1 heterocycles. The molecule has 4 nitrogen and oxygen atoms in total. The number of hydrogen-bond acceptors (Lipinski definition) is 4. The normalized spacial score (nSPS) is 29.3. The Hall–Kier alpha value is -0.465. The van der Waals surface area contributed by atoms with Gasteiger partial charge >= 0.3 is 12.3 Å². The number of rotatable bonds is 8. The molecule has 0 radical (unpaired) electrons. The molecule has 1 aromatic rings. The van der Waals surface area contributed by atoms with E-state index in [1.807, 2.05) is 18.2 Å². The molecule has 136 valence electrons. The van der Waals surface area contributed by atoms with Crippen LogP contribution in [0.4, 0.5) is 0 Å². The van der Waals surface area contributed by atoms with Gasteiger partial charge in [0.25, 0.3) is 0 Å². The highest BCUT2D eigenvalue weighted by molar-refractivity contribution is 7.92. The van der Waals surface area contributed by atoms with E-state index in [1.54, 1.807) is 0 Å². The zero-order valence-corrected chi connectivity index (χ0v) is 16.7. The Morgan fingerprint density at radius 1 is 1.28 bits per heavy atom. The van der Waals surface area contributed by atoms with Crippen LogP contribution in [0.5, 0.6) is 0 Å². The number of aliphatic hydroxyl groups excluding tert-OH is 1. The Morgan fingerprint density at radius 2 is 2.04 bits per heavy atom. The molecule has 0 amide bonds. The largest absolute Gasteiger partial charge is 0.462 e. The topological polar surface area (TPSA) is 55.8 Å². The first-order valence-corrected chi connectivity index (χ1v) is 10.4. The van der Waals surface area contributed by atoms with E-state index in [4.69, 9.17) is 9.39 Å². The smallest absolute Gasteiger partial charge is 0.336 e. The third kappa shape index (κ3) is 5.26. The first-order chi connectivity index (χ1) is 12.0. The van der Waals surface area contributed by atoms with Crippen molar-refractivity contribution in [2.24, 2.45) is 11.8 Å². The summed E-state index contributed by atoms with van der Waals surface area (Å²) >= 11 is 0. The summed E-state index contributed by atoms with van der Waals surface area (Å²) in [5.74, 6) is 0.440. The van der Waals surface area contributed by atoms with Crippen molar-refractivity contribution in [3.63, 3.8) is 0 Å². The van der Waals surface area contributed by atoms with Gasteiger partial charge in [0.15, 0.2) is 0 Å². The van der Waals surface area contributed by atoms with E-state index in [0.29, 0.717) is 6.42 Å². The van der Waals surface area contributed by atoms with Crippen LogP contribution in [0, 0.1) is 11.8 Å². The number of hydrogen-bond donors (Lipinski definition) is 1. The van der Waals surface area contributed by atoms with E-state index in [9.17, 15) is 9.90 Å². The molecule has 1 saturated carbocycles. The van der Waals surface area contributed by atoms with Crippen molar-refractivity contribution >= 4 is 30.6 Å². The summed E-state index contributed by atoms with van der Waals surface area (Å²) in [4.78, 5) is 11.6. The van der Waals surface area contributed by atoms with Crippen LogP contribution < -0.4 is 0 Å². The maximum Gasteiger partial charge on any atom is 0.336 e. The van der Waals surface area contributed by atoms with Crippen LogP contribution in [-0.4, -0.2) is 35.7 Å². The van der Waals surface area contributed by atoms with Crippen molar-refractivity contribution in [1.82, 2.24) is 0 Å². The molecule has 0 bridgehead atoms. The van der Waals surface area contributed by atoms with Gasteiger partial charge < -0.3 is 14.5 Å². The lowest BCUT2D eigenvalue weighted by atomic mass is 9.86. The SMILES string of the molecule is O=C1CC2C(CC(OB(P)P)C2CCC(O)CCc2ccccc2)O1. The van der Waals surface area contributed by atoms with E-state index >= 15 is 0 Å². The highest BCUT2D eigenvalue weighted by Gasteiger charge is 2.50. The van der Waals surface area contributed by atoms with Crippen molar-refractivity contribution in [3.8, 4) is 0 Å². The summed E-state index contributed by atoms with van der Waals surface area (Å²) in [6.07, 6.45) is 4.33. The number of carbonyl (C=O) groups excluding carboxylic acids is 1. The molecule has 1 aliphatic heterocycles. The molecular weight excluding hydrogens is 353 g/mol. The Bertz CT molecular complexity index is 571. The second kappa shape index (κ2) is 8.95. The summed E-state index contributed by atoms with van der Waals surface area (Å²) in [6.45, 7) is 0. The summed E-state index contributed by atoms with van der Waals surface area (Å²) < 4.78 is 11.5. The van der Waals surface area contributed by atoms with Crippen LogP contribution in [0.15, 0.2) is 30.3 Å². The molecule has 1 N–H and O–H groups in total. The average Bonchev–Trinajstić information content (AvgIpc) is 3.07. The number of carbonyl (C=O) groups is 1. The van der Waals surface area contributed by atoms with Crippen molar-refractivity contribution in [2.45, 2.75) is 56.8 Å². The Kier molecular flexibility index (Phi) is 6.91. The van der Waals surface area contributed by atoms with Crippen LogP contribution >= 0.6 is 18.2 Å². The van der Waals surface area contributed by atoms with Crippen LogP contribution in [0.1, 0.15) is 37.7 Å². The quantitative estimate of drug-likeness (QED) is 0.428. The molecule has 1 aliphatic carbocycles. The number of fused-ring (bicyclic) bond motifs is 1. The van der Waals surface area contributed by atoms with E-state index in [1.165, 1.54) is 5.56 Å². The lowest BCUT2D eigenvalue weighted by Crippen LogP contribution is -2.27. The second-order valence-electron chi connectivity index (χ2n) is 7.19. The number of aryl methyl sites for hydroxylation is 1.